The molecule has 0 unspecified atom stereocenters. The SMILES string of the molecule is O=C1C2=C(CCCC2)CN1[C@@H]1CC[C@@]2(O)[C@H]3Cc4ccc(O)c5c4[C@@]2(CCN3CC2CC2)[C@H]1O5. The maximum atomic E-state index is 13.6. The van der Waals surface area contributed by atoms with Crippen molar-refractivity contribution in [2.24, 2.45) is 5.92 Å². The molecule has 5 atom stereocenters. The summed E-state index contributed by atoms with van der Waals surface area (Å²) in [5.41, 5.74) is 3.21. The molecule has 1 saturated heterocycles. The van der Waals surface area contributed by atoms with Crippen LogP contribution in [-0.4, -0.2) is 69.3 Å². The van der Waals surface area contributed by atoms with Crippen molar-refractivity contribution in [3.05, 3.63) is 34.4 Å². The van der Waals surface area contributed by atoms with Crippen LogP contribution in [0, 0.1) is 5.92 Å². The molecule has 8 rings (SSSR count). The Kier molecular flexibility index (Phi) is 3.90. The summed E-state index contributed by atoms with van der Waals surface area (Å²) in [5, 5.41) is 23.5. The van der Waals surface area contributed by atoms with Gasteiger partial charge in [0.05, 0.1) is 17.1 Å². The summed E-state index contributed by atoms with van der Waals surface area (Å²) < 4.78 is 6.69. The van der Waals surface area contributed by atoms with Crippen molar-refractivity contribution in [2.75, 3.05) is 19.6 Å². The fraction of sp³-hybridized carbons (Fsp3) is 0.679. The molecular weight excluding hydrogens is 428 g/mol. The number of carbonyl (C=O) groups excluding carboxylic acids is 1. The number of piperidine rings is 1. The van der Waals surface area contributed by atoms with E-state index in [1.807, 2.05) is 0 Å². The molecule has 3 heterocycles. The van der Waals surface area contributed by atoms with Crippen LogP contribution in [0.3, 0.4) is 0 Å². The summed E-state index contributed by atoms with van der Waals surface area (Å²) >= 11 is 0. The van der Waals surface area contributed by atoms with Gasteiger partial charge in [-0.3, -0.25) is 9.69 Å². The van der Waals surface area contributed by atoms with Gasteiger partial charge in [-0.1, -0.05) is 6.07 Å². The number of nitrogens with zero attached hydrogens (tertiary/aromatic N) is 2. The number of hydrogen-bond acceptors (Lipinski definition) is 5. The Labute approximate surface area is 200 Å². The third-order valence-corrected chi connectivity index (χ3v) is 10.6. The zero-order valence-corrected chi connectivity index (χ0v) is 19.8. The van der Waals surface area contributed by atoms with E-state index in [0.717, 1.165) is 75.2 Å². The Morgan fingerprint density at radius 3 is 2.79 bits per heavy atom. The van der Waals surface area contributed by atoms with Crippen molar-refractivity contribution in [2.45, 2.75) is 93.4 Å². The highest BCUT2D eigenvalue weighted by Crippen LogP contribution is 2.66. The number of likely N-dealkylation sites (tertiary alicyclic amines) is 1. The van der Waals surface area contributed by atoms with Crippen molar-refractivity contribution in [1.29, 1.82) is 0 Å². The van der Waals surface area contributed by atoms with Crippen LogP contribution in [0.2, 0.25) is 0 Å². The zero-order valence-electron chi connectivity index (χ0n) is 19.8. The van der Waals surface area contributed by atoms with Crippen LogP contribution in [0.5, 0.6) is 11.5 Å². The number of carbonyl (C=O) groups is 1. The number of aromatic hydroxyl groups is 1. The maximum Gasteiger partial charge on any atom is 0.250 e. The fourth-order valence-electron chi connectivity index (χ4n) is 8.89. The van der Waals surface area contributed by atoms with Crippen molar-refractivity contribution < 1.29 is 19.7 Å². The number of aliphatic hydroxyl groups is 1. The second kappa shape index (κ2) is 6.58. The van der Waals surface area contributed by atoms with E-state index in [0.29, 0.717) is 12.2 Å². The number of phenolic OH excluding ortho intramolecular Hbond substituents is 1. The highest BCUT2D eigenvalue weighted by atomic mass is 16.5. The van der Waals surface area contributed by atoms with Crippen molar-refractivity contribution >= 4 is 5.91 Å². The molecule has 7 aliphatic rings. The van der Waals surface area contributed by atoms with Crippen LogP contribution in [0.25, 0.3) is 0 Å². The largest absolute Gasteiger partial charge is 0.504 e. The van der Waals surface area contributed by atoms with Gasteiger partial charge in [0, 0.05) is 30.3 Å². The molecule has 2 N–H and O–H groups in total. The lowest BCUT2D eigenvalue weighted by molar-refractivity contribution is -0.200. The first-order chi connectivity index (χ1) is 16.5. The van der Waals surface area contributed by atoms with Gasteiger partial charge in [0.2, 0.25) is 5.91 Å². The van der Waals surface area contributed by atoms with E-state index < -0.39 is 11.0 Å². The van der Waals surface area contributed by atoms with Gasteiger partial charge in [-0.05, 0) is 93.9 Å². The lowest BCUT2D eigenvalue weighted by atomic mass is 9.48. The molecule has 1 aromatic rings. The van der Waals surface area contributed by atoms with E-state index >= 15 is 0 Å². The predicted molar refractivity (Wildman–Crippen MR) is 126 cm³/mol. The molecule has 1 aromatic carbocycles. The van der Waals surface area contributed by atoms with Crippen LogP contribution in [-0.2, 0) is 16.6 Å². The van der Waals surface area contributed by atoms with Gasteiger partial charge in [0.25, 0.3) is 0 Å². The van der Waals surface area contributed by atoms with Crippen molar-refractivity contribution in [3.8, 4) is 11.5 Å². The quantitative estimate of drug-likeness (QED) is 0.723. The van der Waals surface area contributed by atoms with Gasteiger partial charge >= 0.3 is 0 Å². The minimum Gasteiger partial charge on any atom is -0.504 e. The molecule has 4 aliphatic carbocycles. The molecule has 1 spiro atoms. The molecule has 180 valence electrons. The van der Waals surface area contributed by atoms with Crippen LogP contribution in [0.4, 0.5) is 0 Å². The van der Waals surface area contributed by atoms with Gasteiger partial charge in [-0.2, -0.15) is 0 Å². The topological polar surface area (TPSA) is 73.2 Å². The Hall–Kier alpha value is -2.05. The molecular formula is C28H34N2O4. The number of hydrogen-bond donors (Lipinski definition) is 2. The van der Waals surface area contributed by atoms with Crippen molar-refractivity contribution in [3.63, 3.8) is 0 Å². The summed E-state index contributed by atoms with van der Waals surface area (Å²) in [5.74, 6) is 1.73. The van der Waals surface area contributed by atoms with E-state index in [-0.39, 0.29) is 29.8 Å². The van der Waals surface area contributed by atoms with Crippen LogP contribution in [0.1, 0.15) is 68.9 Å². The lowest BCUT2D eigenvalue weighted by Crippen LogP contribution is -2.78. The van der Waals surface area contributed by atoms with Gasteiger partial charge in [-0.15, -0.1) is 0 Å². The second-order valence-corrected chi connectivity index (χ2v) is 12.1. The van der Waals surface area contributed by atoms with Gasteiger partial charge in [0.1, 0.15) is 6.10 Å². The molecule has 6 heteroatoms. The third-order valence-electron chi connectivity index (χ3n) is 10.6. The Balaban J connectivity index is 1.24. The molecule has 34 heavy (non-hydrogen) atoms. The minimum atomic E-state index is -0.886. The summed E-state index contributed by atoms with van der Waals surface area (Å²) in [6, 6.07) is 3.84. The summed E-state index contributed by atoms with van der Waals surface area (Å²) in [7, 11) is 0. The summed E-state index contributed by atoms with van der Waals surface area (Å²) in [6.45, 7) is 2.76. The number of rotatable bonds is 3. The monoisotopic (exact) mass is 462 g/mol. The molecule has 1 amide bonds. The number of ether oxygens (including phenoxy) is 1. The molecule has 0 aromatic heterocycles. The van der Waals surface area contributed by atoms with E-state index in [9.17, 15) is 15.0 Å². The lowest BCUT2D eigenvalue weighted by Gasteiger charge is -2.64. The van der Waals surface area contributed by atoms with Crippen LogP contribution >= 0.6 is 0 Å². The van der Waals surface area contributed by atoms with Gasteiger partial charge in [0.15, 0.2) is 11.5 Å². The molecule has 6 nitrogen and oxygen atoms in total. The first-order valence-electron chi connectivity index (χ1n) is 13.5. The van der Waals surface area contributed by atoms with Crippen LogP contribution < -0.4 is 4.74 Å². The summed E-state index contributed by atoms with van der Waals surface area (Å²) in [4.78, 5) is 18.2. The standard InChI is InChI=1S/C28H34N2O4/c31-21-8-7-17-13-22-28(33)10-9-20(30-15-18-3-1-2-4-19(18)26(30)32)25-27(28,23(17)24(21)34-25)11-12-29(22)14-16-5-6-16/h7-8,16,20,22,25,31,33H,1-6,9-15H2/t20-,22-,25+,27+,28-/m1/s1. The summed E-state index contributed by atoms with van der Waals surface area (Å²) in [6.07, 6.45) is 9.62. The number of benzene rings is 1. The number of phenols is 1. The minimum absolute atomic E-state index is 0.0632. The first-order valence-corrected chi connectivity index (χ1v) is 13.5. The Morgan fingerprint density at radius 2 is 1.97 bits per heavy atom. The van der Waals surface area contributed by atoms with E-state index in [1.54, 1.807) is 6.07 Å². The third kappa shape index (κ3) is 2.32. The average molecular weight is 463 g/mol. The molecule has 3 fully saturated rings. The second-order valence-electron chi connectivity index (χ2n) is 12.1. The smallest absolute Gasteiger partial charge is 0.250 e. The van der Waals surface area contributed by atoms with E-state index in [2.05, 4.69) is 15.9 Å². The maximum absolute atomic E-state index is 13.6. The van der Waals surface area contributed by atoms with Gasteiger partial charge < -0.3 is 19.8 Å². The van der Waals surface area contributed by atoms with Gasteiger partial charge in [-0.25, -0.2) is 0 Å². The average Bonchev–Trinajstić information content (AvgIpc) is 3.49. The van der Waals surface area contributed by atoms with E-state index in [1.165, 1.54) is 30.4 Å². The molecule has 3 aliphatic heterocycles. The molecule has 2 bridgehead atoms. The molecule has 2 saturated carbocycles. The van der Waals surface area contributed by atoms with Crippen LogP contribution in [0.15, 0.2) is 23.3 Å². The fourth-order valence-corrected chi connectivity index (χ4v) is 8.89. The van der Waals surface area contributed by atoms with Crippen molar-refractivity contribution in [1.82, 2.24) is 9.80 Å². The molecule has 0 radical (unpaired) electrons. The van der Waals surface area contributed by atoms with E-state index in [4.69, 9.17) is 4.74 Å². The highest BCUT2D eigenvalue weighted by Gasteiger charge is 2.73. The predicted octanol–water partition coefficient (Wildman–Crippen LogP) is 3.04. The highest BCUT2D eigenvalue weighted by molar-refractivity contribution is 5.97. The normalized spacial score (nSPS) is 40.3. The Morgan fingerprint density at radius 1 is 1.12 bits per heavy atom. The Bertz CT molecular complexity index is 1140. The zero-order chi connectivity index (χ0) is 22.8. The first kappa shape index (κ1) is 20.2. The number of amides is 1.